The van der Waals surface area contributed by atoms with Crippen LogP contribution in [0.5, 0.6) is 0 Å². The molecule has 5 rings (SSSR count). The largest absolute Gasteiger partial charge is 0.360 e. The fourth-order valence-electron chi connectivity index (χ4n) is 5.98. The Bertz CT molecular complexity index is 644. The van der Waals surface area contributed by atoms with Gasteiger partial charge in [0.05, 0.1) is 24.5 Å². The topological polar surface area (TPSA) is 53.1 Å². The van der Waals surface area contributed by atoms with Crippen LogP contribution in [0.15, 0.2) is 12.2 Å². The standard InChI is InChI=1S/C20H29N3O3/c1-21-13-20-8-7-15(26-20)16(17(20)19(21)25)18(24)23-10-4-9-22(11-12-23)14-5-2-3-6-14/h7-8,14-17H,2-6,9-13H2,1H3/t15-,16-,17+,20-/m1/s1. The Hall–Kier alpha value is -1.40. The van der Waals surface area contributed by atoms with E-state index in [0.717, 1.165) is 32.6 Å². The third kappa shape index (κ3) is 2.38. The zero-order valence-electron chi connectivity index (χ0n) is 15.6. The molecule has 0 N–H and O–H groups in total. The van der Waals surface area contributed by atoms with Crippen molar-refractivity contribution in [2.75, 3.05) is 39.8 Å². The number of hydrogen-bond acceptors (Lipinski definition) is 4. The quantitative estimate of drug-likeness (QED) is 0.687. The Morgan fingerprint density at radius 2 is 1.96 bits per heavy atom. The molecular weight excluding hydrogens is 330 g/mol. The molecule has 0 unspecified atom stereocenters. The summed E-state index contributed by atoms with van der Waals surface area (Å²) in [6.07, 6.45) is 10.1. The molecule has 26 heavy (non-hydrogen) atoms. The molecule has 5 aliphatic rings. The van der Waals surface area contributed by atoms with Crippen molar-refractivity contribution in [3.8, 4) is 0 Å². The number of rotatable bonds is 2. The molecule has 142 valence electrons. The summed E-state index contributed by atoms with van der Waals surface area (Å²) in [6.45, 7) is 4.22. The summed E-state index contributed by atoms with van der Waals surface area (Å²) < 4.78 is 6.15. The summed E-state index contributed by atoms with van der Waals surface area (Å²) >= 11 is 0. The molecule has 4 aliphatic heterocycles. The Labute approximate surface area is 155 Å². The summed E-state index contributed by atoms with van der Waals surface area (Å²) in [4.78, 5) is 32.4. The van der Waals surface area contributed by atoms with Gasteiger partial charge in [-0.25, -0.2) is 0 Å². The van der Waals surface area contributed by atoms with E-state index in [1.807, 2.05) is 24.1 Å². The minimum absolute atomic E-state index is 0.0672. The first-order chi connectivity index (χ1) is 12.6. The predicted octanol–water partition coefficient (Wildman–Crippen LogP) is 0.875. The Morgan fingerprint density at radius 1 is 1.15 bits per heavy atom. The Kier molecular flexibility index (Phi) is 3.90. The van der Waals surface area contributed by atoms with Gasteiger partial charge < -0.3 is 14.5 Å². The minimum Gasteiger partial charge on any atom is -0.360 e. The molecule has 2 bridgehead atoms. The van der Waals surface area contributed by atoms with Crippen LogP contribution in [0.3, 0.4) is 0 Å². The van der Waals surface area contributed by atoms with Crippen molar-refractivity contribution in [1.82, 2.24) is 14.7 Å². The lowest BCUT2D eigenvalue weighted by atomic mass is 9.76. The molecule has 6 heteroatoms. The molecule has 0 aromatic heterocycles. The van der Waals surface area contributed by atoms with Gasteiger partial charge in [-0.15, -0.1) is 0 Å². The van der Waals surface area contributed by atoms with E-state index in [1.165, 1.54) is 25.7 Å². The maximum atomic E-state index is 13.4. The van der Waals surface area contributed by atoms with Crippen molar-refractivity contribution in [3.05, 3.63) is 12.2 Å². The molecule has 1 spiro atoms. The minimum atomic E-state index is -0.557. The van der Waals surface area contributed by atoms with E-state index in [-0.39, 0.29) is 29.8 Å². The molecule has 6 nitrogen and oxygen atoms in total. The second-order valence-corrected chi connectivity index (χ2v) is 8.75. The van der Waals surface area contributed by atoms with Crippen molar-refractivity contribution in [2.45, 2.75) is 49.9 Å². The zero-order valence-corrected chi connectivity index (χ0v) is 15.6. The van der Waals surface area contributed by atoms with Crippen molar-refractivity contribution in [2.24, 2.45) is 11.8 Å². The maximum Gasteiger partial charge on any atom is 0.229 e. The number of ether oxygens (including phenoxy) is 1. The molecule has 4 heterocycles. The fraction of sp³-hybridized carbons (Fsp3) is 0.800. The SMILES string of the molecule is CN1C[C@@]23C=C[C@@H](O2)[C@@H](C(=O)N2CCCN(C4CCCC4)CC2)[C@H]3C1=O. The van der Waals surface area contributed by atoms with Crippen LogP contribution < -0.4 is 0 Å². The second kappa shape index (κ2) is 6.06. The third-order valence-electron chi connectivity index (χ3n) is 7.26. The van der Waals surface area contributed by atoms with Crippen LogP contribution in [0.25, 0.3) is 0 Å². The lowest BCUT2D eigenvalue weighted by Gasteiger charge is -2.30. The van der Waals surface area contributed by atoms with Crippen molar-refractivity contribution < 1.29 is 14.3 Å². The van der Waals surface area contributed by atoms with Crippen LogP contribution in [-0.4, -0.2) is 84.0 Å². The van der Waals surface area contributed by atoms with Crippen molar-refractivity contribution in [1.29, 1.82) is 0 Å². The van der Waals surface area contributed by atoms with Crippen LogP contribution in [-0.2, 0) is 14.3 Å². The van der Waals surface area contributed by atoms with Crippen molar-refractivity contribution >= 4 is 11.8 Å². The Morgan fingerprint density at radius 3 is 2.77 bits per heavy atom. The monoisotopic (exact) mass is 359 g/mol. The molecule has 1 aliphatic carbocycles. The first kappa shape index (κ1) is 16.8. The summed E-state index contributed by atoms with van der Waals surface area (Å²) in [5.41, 5.74) is -0.557. The number of fused-ring (bicyclic) bond motifs is 1. The van der Waals surface area contributed by atoms with E-state index < -0.39 is 5.60 Å². The summed E-state index contributed by atoms with van der Waals surface area (Å²) in [7, 11) is 1.81. The van der Waals surface area contributed by atoms with Crippen molar-refractivity contribution in [3.63, 3.8) is 0 Å². The predicted molar refractivity (Wildman–Crippen MR) is 96.4 cm³/mol. The highest BCUT2D eigenvalue weighted by Crippen LogP contribution is 2.52. The van der Waals surface area contributed by atoms with E-state index in [4.69, 9.17) is 4.74 Å². The molecule has 0 aromatic rings. The van der Waals surface area contributed by atoms with Gasteiger partial charge in [0, 0.05) is 39.3 Å². The maximum absolute atomic E-state index is 13.4. The summed E-state index contributed by atoms with van der Waals surface area (Å²) in [5.74, 6) is -0.472. The van der Waals surface area contributed by atoms with Gasteiger partial charge in [0.15, 0.2) is 0 Å². The normalized spacial score (nSPS) is 40.5. The fourth-order valence-corrected chi connectivity index (χ4v) is 5.98. The molecule has 0 aromatic carbocycles. The third-order valence-corrected chi connectivity index (χ3v) is 7.26. The number of carbonyl (C=O) groups excluding carboxylic acids is 2. The number of likely N-dealkylation sites (tertiary alicyclic amines) is 1. The number of carbonyl (C=O) groups is 2. The van der Waals surface area contributed by atoms with Crippen LogP contribution in [0, 0.1) is 11.8 Å². The van der Waals surface area contributed by atoms with Gasteiger partial charge in [-0.05, 0) is 19.3 Å². The van der Waals surface area contributed by atoms with E-state index in [9.17, 15) is 9.59 Å². The smallest absolute Gasteiger partial charge is 0.229 e. The van der Waals surface area contributed by atoms with Gasteiger partial charge in [-0.2, -0.15) is 0 Å². The molecule has 3 saturated heterocycles. The number of hydrogen-bond donors (Lipinski definition) is 0. The van der Waals surface area contributed by atoms with E-state index >= 15 is 0 Å². The van der Waals surface area contributed by atoms with Crippen LogP contribution in [0.4, 0.5) is 0 Å². The van der Waals surface area contributed by atoms with Gasteiger partial charge in [0.2, 0.25) is 11.8 Å². The number of amides is 2. The van der Waals surface area contributed by atoms with Gasteiger partial charge in [-0.1, -0.05) is 25.0 Å². The van der Waals surface area contributed by atoms with Gasteiger partial charge in [0.25, 0.3) is 0 Å². The number of nitrogens with zero attached hydrogens (tertiary/aromatic N) is 3. The zero-order chi connectivity index (χ0) is 17.9. The number of likely N-dealkylation sites (N-methyl/N-ethyl adjacent to an activating group) is 1. The van der Waals surface area contributed by atoms with Crippen LogP contribution in [0.1, 0.15) is 32.1 Å². The lowest BCUT2D eigenvalue weighted by molar-refractivity contribution is -0.142. The highest BCUT2D eigenvalue weighted by Gasteiger charge is 2.66. The molecule has 4 atom stereocenters. The molecule has 4 fully saturated rings. The van der Waals surface area contributed by atoms with Gasteiger partial charge >= 0.3 is 0 Å². The first-order valence-corrected chi connectivity index (χ1v) is 10.2. The second-order valence-electron chi connectivity index (χ2n) is 8.75. The average molecular weight is 359 g/mol. The van der Waals surface area contributed by atoms with E-state index in [2.05, 4.69) is 4.90 Å². The highest BCUT2D eigenvalue weighted by molar-refractivity contribution is 5.92. The summed E-state index contributed by atoms with van der Waals surface area (Å²) in [5, 5.41) is 0. The summed E-state index contributed by atoms with van der Waals surface area (Å²) in [6, 6.07) is 0.715. The average Bonchev–Trinajstić information content (AvgIpc) is 3.36. The molecule has 2 amide bonds. The van der Waals surface area contributed by atoms with Gasteiger partial charge in [0.1, 0.15) is 5.60 Å². The Balaban J connectivity index is 1.31. The van der Waals surface area contributed by atoms with Crippen LogP contribution in [0.2, 0.25) is 0 Å². The molecule has 0 radical (unpaired) electrons. The van der Waals surface area contributed by atoms with E-state index in [0.29, 0.717) is 12.6 Å². The van der Waals surface area contributed by atoms with Crippen LogP contribution >= 0.6 is 0 Å². The molecular formula is C20H29N3O3. The first-order valence-electron chi connectivity index (χ1n) is 10.2. The lowest BCUT2D eigenvalue weighted by Crippen LogP contribution is -2.47. The highest BCUT2D eigenvalue weighted by atomic mass is 16.5. The molecule has 1 saturated carbocycles. The van der Waals surface area contributed by atoms with Gasteiger partial charge in [-0.3, -0.25) is 14.5 Å². The van der Waals surface area contributed by atoms with E-state index in [1.54, 1.807) is 4.90 Å².